The molecular formula is C26H25F2NO5S. The van der Waals surface area contributed by atoms with Gasteiger partial charge >= 0.3 is 5.97 Å². The van der Waals surface area contributed by atoms with E-state index in [2.05, 4.69) is 5.32 Å². The Morgan fingerprint density at radius 1 is 1.03 bits per heavy atom. The Labute approximate surface area is 204 Å². The van der Waals surface area contributed by atoms with Crippen LogP contribution in [0.1, 0.15) is 58.6 Å². The van der Waals surface area contributed by atoms with Crippen molar-refractivity contribution < 1.29 is 33.0 Å². The highest BCUT2D eigenvalue weighted by Gasteiger charge is 2.27. The lowest BCUT2D eigenvalue weighted by Gasteiger charge is -2.26. The lowest BCUT2D eigenvalue weighted by atomic mass is 9.87. The number of halogens is 2. The van der Waals surface area contributed by atoms with Crippen LogP contribution in [0, 0.1) is 17.6 Å². The van der Waals surface area contributed by atoms with E-state index in [0.29, 0.717) is 48.1 Å². The Kier molecular flexibility index (Phi) is 7.75. The summed E-state index contributed by atoms with van der Waals surface area (Å²) in [5.74, 6) is -2.25. The zero-order valence-electron chi connectivity index (χ0n) is 18.9. The number of fused-ring (bicyclic) bond motifs is 1. The summed E-state index contributed by atoms with van der Waals surface area (Å²) < 4.78 is 33.5. The lowest BCUT2D eigenvalue weighted by molar-refractivity contribution is -0.143. The summed E-state index contributed by atoms with van der Waals surface area (Å²) in [4.78, 5) is 36.1. The summed E-state index contributed by atoms with van der Waals surface area (Å²) in [6, 6.07) is 10.3. The van der Waals surface area contributed by atoms with Crippen molar-refractivity contribution >= 4 is 39.1 Å². The van der Waals surface area contributed by atoms with Gasteiger partial charge in [0.15, 0.2) is 5.78 Å². The number of hydrogen-bond donors (Lipinski definition) is 2. The normalized spacial score (nSPS) is 17.8. The van der Waals surface area contributed by atoms with E-state index >= 15 is 0 Å². The van der Waals surface area contributed by atoms with Crippen LogP contribution >= 0.6 is 11.3 Å². The van der Waals surface area contributed by atoms with E-state index in [-0.39, 0.29) is 41.0 Å². The topological polar surface area (TPSA) is 92.7 Å². The minimum absolute atomic E-state index is 0.0211. The van der Waals surface area contributed by atoms with Crippen LogP contribution in [0.15, 0.2) is 42.5 Å². The molecule has 1 aromatic heterocycles. The smallest absolute Gasteiger partial charge is 0.306 e. The quantitative estimate of drug-likeness (QED) is 0.294. The first-order valence-electron chi connectivity index (χ1n) is 11.5. The fourth-order valence-electron chi connectivity index (χ4n) is 4.20. The molecule has 1 amide bonds. The van der Waals surface area contributed by atoms with Crippen molar-refractivity contribution in [3.05, 3.63) is 64.5 Å². The Morgan fingerprint density at radius 3 is 2.43 bits per heavy atom. The van der Waals surface area contributed by atoms with Crippen molar-refractivity contribution in [2.24, 2.45) is 5.92 Å². The van der Waals surface area contributed by atoms with Crippen molar-refractivity contribution in [2.75, 3.05) is 6.54 Å². The monoisotopic (exact) mass is 501 g/mol. The summed E-state index contributed by atoms with van der Waals surface area (Å²) in [6.45, 7) is 0.274. The molecule has 1 heterocycles. The fourth-order valence-corrected chi connectivity index (χ4v) is 5.21. The number of ketones is 1. The largest absolute Gasteiger partial charge is 0.490 e. The van der Waals surface area contributed by atoms with Crippen LogP contribution in [-0.2, 0) is 4.79 Å². The Bertz CT molecular complexity index is 1230. The highest BCUT2D eigenvalue weighted by atomic mass is 32.1. The molecule has 0 unspecified atom stereocenters. The van der Waals surface area contributed by atoms with Gasteiger partial charge in [-0.25, -0.2) is 8.78 Å². The Hall–Kier alpha value is -3.33. The molecular weight excluding hydrogens is 476 g/mol. The molecule has 1 aliphatic rings. The molecule has 1 aliphatic carbocycles. The van der Waals surface area contributed by atoms with Crippen LogP contribution in [0.5, 0.6) is 5.75 Å². The lowest BCUT2D eigenvalue weighted by Crippen LogP contribution is -2.27. The molecule has 1 saturated carbocycles. The number of ether oxygens (including phenoxy) is 1. The van der Waals surface area contributed by atoms with Gasteiger partial charge in [-0.2, -0.15) is 0 Å². The van der Waals surface area contributed by atoms with Crippen molar-refractivity contribution in [2.45, 2.75) is 44.6 Å². The molecule has 184 valence electrons. The number of hydrogen-bond acceptors (Lipinski definition) is 5. The molecule has 35 heavy (non-hydrogen) atoms. The molecule has 3 aromatic rings. The summed E-state index contributed by atoms with van der Waals surface area (Å²) in [5.41, 5.74) is 0.542. The fraction of sp³-hybridized carbons (Fsp3) is 0.346. The second-order valence-corrected chi connectivity index (χ2v) is 9.73. The first-order chi connectivity index (χ1) is 16.8. The van der Waals surface area contributed by atoms with Crippen LogP contribution in [-0.4, -0.2) is 35.4 Å². The summed E-state index contributed by atoms with van der Waals surface area (Å²) in [6.07, 6.45) is 3.24. The van der Waals surface area contributed by atoms with Gasteiger partial charge in [0.1, 0.15) is 17.4 Å². The van der Waals surface area contributed by atoms with Crippen LogP contribution in [0.25, 0.3) is 10.1 Å². The number of nitrogens with one attached hydrogen (secondary N) is 1. The first kappa shape index (κ1) is 24.8. The molecule has 0 aliphatic heterocycles. The van der Waals surface area contributed by atoms with Crippen LogP contribution in [0.3, 0.4) is 0 Å². The Balaban J connectivity index is 1.21. The number of benzene rings is 2. The highest BCUT2D eigenvalue weighted by Crippen LogP contribution is 2.29. The van der Waals surface area contributed by atoms with Gasteiger partial charge in [0.05, 0.1) is 16.9 Å². The molecule has 1 fully saturated rings. The van der Waals surface area contributed by atoms with E-state index in [1.807, 2.05) is 0 Å². The standard InChI is InChI=1S/C26H25F2NO5S/c27-17-12-21(28)20-14-24(35-23(20)13-17)25(31)29-11-1-2-22(30)15-3-7-18(8-4-15)34-19-9-5-16(6-10-19)26(32)33/h3-4,7-8,12-14,16,19H,1-2,5-6,9-11H2,(H,29,31)(H,32,33). The molecule has 6 nitrogen and oxygen atoms in total. The number of aliphatic carboxylic acids is 1. The summed E-state index contributed by atoms with van der Waals surface area (Å²) >= 11 is 1.01. The van der Waals surface area contributed by atoms with Gasteiger partial charge in [0.25, 0.3) is 5.91 Å². The minimum Gasteiger partial charge on any atom is -0.490 e. The van der Waals surface area contributed by atoms with Crippen LogP contribution < -0.4 is 10.1 Å². The van der Waals surface area contributed by atoms with E-state index in [1.165, 1.54) is 12.1 Å². The maximum absolute atomic E-state index is 13.8. The maximum Gasteiger partial charge on any atom is 0.306 e. The van der Waals surface area contributed by atoms with E-state index < -0.39 is 23.5 Å². The molecule has 0 spiro atoms. The number of amides is 1. The molecule has 4 rings (SSSR count). The predicted octanol–water partition coefficient (Wildman–Crippen LogP) is 5.59. The van der Waals surface area contributed by atoms with Crippen molar-refractivity contribution in [1.29, 1.82) is 0 Å². The van der Waals surface area contributed by atoms with E-state index in [9.17, 15) is 23.2 Å². The van der Waals surface area contributed by atoms with Gasteiger partial charge in [0.2, 0.25) is 0 Å². The number of Topliss-reactive ketones (excluding diaryl/α,β-unsaturated/α-hetero) is 1. The van der Waals surface area contributed by atoms with Gasteiger partial charge in [0, 0.05) is 34.7 Å². The molecule has 9 heteroatoms. The van der Waals surface area contributed by atoms with Gasteiger partial charge in [-0.05, 0) is 68.5 Å². The third-order valence-electron chi connectivity index (χ3n) is 6.14. The number of carboxylic acid groups (broad SMARTS) is 1. The number of thiophene rings is 1. The highest BCUT2D eigenvalue weighted by molar-refractivity contribution is 7.20. The summed E-state index contributed by atoms with van der Waals surface area (Å²) in [7, 11) is 0. The SMILES string of the molecule is O=C(CCCNC(=O)c1cc2c(F)cc(F)cc2s1)c1ccc(OC2CCC(C(=O)O)CC2)cc1. The molecule has 2 N–H and O–H groups in total. The maximum atomic E-state index is 13.8. The number of carbonyl (C=O) groups excluding carboxylic acids is 2. The van der Waals surface area contributed by atoms with E-state index in [0.717, 1.165) is 17.4 Å². The predicted molar refractivity (Wildman–Crippen MR) is 128 cm³/mol. The van der Waals surface area contributed by atoms with Crippen LogP contribution in [0.4, 0.5) is 8.78 Å². The minimum atomic E-state index is -0.752. The molecule has 0 saturated heterocycles. The van der Waals surface area contributed by atoms with Crippen molar-refractivity contribution in [3.63, 3.8) is 0 Å². The average Bonchev–Trinajstić information content (AvgIpc) is 3.27. The van der Waals surface area contributed by atoms with Gasteiger partial charge < -0.3 is 15.2 Å². The number of rotatable bonds is 9. The van der Waals surface area contributed by atoms with Crippen molar-refractivity contribution in [1.82, 2.24) is 5.32 Å². The van der Waals surface area contributed by atoms with Gasteiger partial charge in [-0.1, -0.05) is 0 Å². The van der Waals surface area contributed by atoms with Crippen LogP contribution in [0.2, 0.25) is 0 Å². The number of carboxylic acids is 1. The average molecular weight is 502 g/mol. The van der Waals surface area contributed by atoms with Gasteiger partial charge in [-0.3, -0.25) is 14.4 Å². The number of carbonyl (C=O) groups is 3. The van der Waals surface area contributed by atoms with E-state index in [1.54, 1.807) is 24.3 Å². The van der Waals surface area contributed by atoms with Crippen molar-refractivity contribution in [3.8, 4) is 5.75 Å². The van der Waals surface area contributed by atoms with Gasteiger partial charge in [-0.15, -0.1) is 11.3 Å². The zero-order chi connectivity index (χ0) is 24.9. The second kappa shape index (κ2) is 10.9. The van der Waals surface area contributed by atoms with E-state index in [4.69, 9.17) is 9.84 Å². The first-order valence-corrected chi connectivity index (χ1v) is 12.3. The molecule has 0 radical (unpaired) electrons. The Morgan fingerprint density at radius 2 is 1.74 bits per heavy atom. The molecule has 0 bridgehead atoms. The third kappa shape index (κ3) is 6.22. The molecule has 2 aromatic carbocycles. The second-order valence-electron chi connectivity index (χ2n) is 8.65. The summed E-state index contributed by atoms with van der Waals surface area (Å²) in [5, 5.41) is 12.0. The third-order valence-corrected chi connectivity index (χ3v) is 7.22. The molecule has 0 atom stereocenters. The zero-order valence-corrected chi connectivity index (χ0v) is 19.7.